The van der Waals surface area contributed by atoms with Crippen LogP contribution in [-0.2, 0) is 11.2 Å². The van der Waals surface area contributed by atoms with E-state index in [1.54, 1.807) is 6.08 Å². The van der Waals surface area contributed by atoms with E-state index < -0.39 is 5.97 Å². The predicted octanol–water partition coefficient (Wildman–Crippen LogP) is 3.76. The van der Waals surface area contributed by atoms with Crippen molar-refractivity contribution in [3.05, 3.63) is 47.3 Å². The highest BCUT2D eigenvalue weighted by Gasteiger charge is 2.26. The van der Waals surface area contributed by atoms with Crippen LogP contribution < -0.4 is 4.90 Å². The number of carboxylic acids is 1. The number of furan rings is 1. The topological polar surface area (TPSA) is 79.5 Å². The summed E-state index contributed by atoms with van der Waals surface area (Å²) in [5.74, 6) is 0.382. The fourth-order valence-electron chi connectivity index (χ4n) is 3.01. The molecule has 26 heavy (non-hydrogen) atoms. The van der Waals surface area contributed by atoms with Gasteiger partial charge in [-0.05, 0) is 32.1 Å². The maximum atomic E-state index is 11.3. The van der Waals surface area contributed by atoms with E-state index in [2.05, 4.69) is 13.8 Å². The van der Waals surface area contributed by atoms with Crippen LogP contribution in [0.5, 0.6) is 0 Å². The van der Waals surface area contributed by atoms with E-state index in [1.165, 1.54) is 0 Å². The number of anilines is 1. The van der Waals surface area contributed by atoms with E-state index in [0.717, 1.165) is 11.0 Å². The van der Waals surface area contributed by atoms with Crippen molar-refractivity contribution in [2.24, 2.45) is 0 Å². The van der Waals surface area contributed by atoms with Crippen LogP contribution in [0, 0.1) is 0 Å². The lowest BCUT2D eigenvalue weighted by Crippen LogP contribution is -2.28. The molecule has 6 nitrogen and oxygen atoms in total. The van der Waals surface area contributed by atoms with Crippen LogP contribution in [-0.4, -0.2) is 34.1 Å². The molecule has 0 unspecified atom stereocenters. The number of benzene rings is 1. The van der Waals surface area contributed by atoms with Gasteiger partial charge in [-0.3, -0.25) is 0 Å². The molecule has 2 aromatic heterocycles. The summed E-state index contributed by atoms with van der Waals surface area (Å²) in [5, 5.41) is 10.3. The first-order valence-corrected chi connectivity index (χ1v) is 8.50. The second-order valence-corrected chi connectivity index (χ2v) is 6.73. The molecule has 0 saturated heterocycles. The first-order chi connectivity index (χ1) is 12.4. The summed E-state index contributed by atoms with van der Waals surface area (Å²) in [4.78, 5) is 22.8. The Morgan fingerprint density at radius 2 is 2.04 bits per heavy atom. The van der Waals surface area contributed by atoms with Gasteiger partial charge < -0.3 is 14.4 Å². The number of para-hydroxylation sites is 1. The molecule has 0 spiro atoms. The molecular weight excluding hydrogens is 330 g/mol. The van der Waals surface area contributed by atoms with Crippen LogP contribution in [0.3, 0.4) is 0 Å². The minimum Gasteiger partial charge on any atom is -0.478 e. The monoisotopic (exact) mass is 349 g/mol. The summed E-state index contributed by atoms with van der Waals surface area (Å²) in [5.41, 5.74) is 2.99. The van der Waals surface area contributed by atoms with E-state index in [9.17, 15) is 9.90 Å². The second kappa shape index (κ2) is 5.98. The number of fused-ring (bicyclic) bond motifs is 2. The first kappa shape index (κ1) is 16.3. The number of aliphatic carboxylic acids is 1. The molecule has 3 aromatic rings. The van der Waals surface area contributed by atoms with Gasteiger partial charge in [0.1, 0.15) is 11.3 Å². The lowest BCUT2D eigenvalue weighted by Gasteiger charge is -2.24. The van der Waals surface area contributed by atoms with Gasteiger partial charge in [-0.15, -0.1) is 0 Å². The van der Waals surface area contributed by atoms with Crippen molar-refractivity contribution in [1.82, 2.24) is 9.97 Å². The Balaban J connectivity index is 1.91. The van der Waals surface area contributed by atoms with E-state index in [1.807, 2.05) is 42.3 Å². The molecule has 0 bridgehead atoms. The van der Waals surface area contributed by atoms with E-state index in [0.29, 0.717) is 34.2 Å². The average Bonchev–Trinajstić information content (AvgIpc) is 3.23. The Hall–Kier alpha value is -3.15. The van der Waals surface area contributed by atoms with Crippen molar-refractivity contribution in [2.75, 3.05) is 11.9 Å². The number of nitrogens with zero attached hydrogens (tertiary/aromatic N) is 3. The van der Waals surface area contributed by atoms with Gasteiger partial charge in [0.2, 0.25) is 0 Å². The molecule has 6 heteroatoms. The Labute approximate surface area is 150 Å². The van der Waals surface area contributed by atoms with Gasteiger partial charge in [0.25, 0.3) is 0 Å². The molecule has 0 saturated carbocycles. The number of hydrogen-bond donors (Lipinski definition) is 1. The molecule has 0 aliphatic heterocycles. The molecule has 2 heterocycles. The zero-order valence-electron chi connectivity index (χ0n) is 14.9. The van der Waals surface area contributed by atoms with Gasteiger partial charge in [0, 0.05) is 30.5 Å². The summed E-state index contributed by atoms with van der Waals surface area (Å²) in [6, 6.07) is 9.93. The second-order valence-electron chi connectivity index (χ2n) is 6.73. The number of carboxylic acid groups (broad SMARTS) is 1. The molecule has 1 N–H and O–H groups in total. The molecule has 1 aromatic carbocycles. The quantitative estimate of drug-likeness (QED) is 0.772. The third-order valence-electron chi connectivity index (χ3n) is 4.69. The largest absolute Gasteiger partial charge is 0.478 e. The molecule has 0 amide bonds. The SMILES string of the molecule is CC(C)N(C)c1nc2c(nc1-c1cc3ccccc3o1)C=C(C(=O)O)C2. The number of hydrogen-bond acceptors (Lipinski definition) is 5. The first-order valence-electron chi connectivity index (χ1n) is 8.50. The summed E-state index contributed by atoms with van der Waals surface area (Å²) in [6.07, 6.45) is 1.88. The fourth-order valence-corrected chi connectivity index (χ4v) is 3.01. The van der Waals surface area contributed by atoms with Crippen molar-refractivity contribution < 1.29 is 14.3 Å². The third-order valence-corrected chi connectivity index (χ3v) is 4.69. The van der Waals surface area contributed by atoms with Crippen LogP contribution in [0.1, 0.15) is 25.2 Å². The Morgan fingerprint density at radius 3 is 2.73 bits per heavy atom. The average molecular weight is 349 g/mol. The third kappa shape index (κ3) is 2.63. The van der Waals surface area contributed by atoms with Crippen LogP contribution in [0.2, 0.25) is 0 Å². The molecule has 1 aliphatic rings. The van der Waals surface area contributed by atoms with Crippen molar-refractivity contribution >= 4 is 28.8 Å². The lowest BCUT2D eigenvalue weighted by atomic mass is 10.2. The van der Waals surface area contributed by atoms with Crippen molar-refractivity contribution in [3.8, 4) is 11.5 Å². The minimum absolute atomic E-state index is 0.207. The predicted molar refractivity (Wildman–Crippen MR) is 100 cm³/mol. The smallest absolute Gasteiger partial charge is 0.332 e. The van der Waals surface area contributed by atoms with Gasteiger partial charge in [0.05, 0.1) is 11.4 Å². The van der Waals surface area contributed by atoms with E-state index >= 15 is 0 Å². The lowest BCUT2D eigenvalue weighted by molar-refractivity contribution is -0.132. The van der Waals surface area contributed by atoms with Gasteiger partial charge in [-0.2, -0.15) is 0 Å². The van der Waals surface area contributed by atoms with E-state index in [-0.39, 0.29) is 12.5 Å². The summed E-state index contributed by atoms with van der Waals surface area (Å²) in [6.45, 7) is 4.14. The van der Waals surface area contributed by atoms with Crippen molar-refractivity contribution in [2.45, 2.75) is 26.3 Å². The Kier molecular flexibility index (Phi) is 3.76. The molecule has 0 radical (unpaired) electrons. The van der Waals surface area contributed by atoms with Gasteiger partial charge in [0.15, 0.2) is 11.6 Å². The van der Waals surface area contributed by atoms with Gasteiger partial charge >= 0.3 is 5.97 Å². The van der Waals surface area contributed by atoms with Gasteiger partial charge in [-0.25, -0.2) is 14.8 Å². The standard InChI is InChI=1S/C20H19N3O3/c1-11(2)23(3)19-18(17-10-12-6-4-5-7-16(12)26-17)21-14-8-13(20(24)25)9-15(14)22-19/h4-8,10-11H,9H2,1-3H3,(H,24,25). The highest BCUT2D eigenvalue weighted by atomic mass is 16.4. The van der Waals surface area contributed by atoms with Crippen molar-refractivity contribution in [3.63, 3.8) is 0 Å². The zero-order chi connectivity index (χ0) is 18.4. The van der Waals surface area contributed by atoms with Crippen LogP contribution in [0.25, 0.3) is 28.5 Å². The number of rotatable bonds is 4. The summed E-state index contributed by atoms with van der Waals surface area (Å²) < 4.78 is 5.99. The van der Waals surface area contributed by atoms with Crippen LogP contribution in [0.15, 0.2) is 40.3 Å². The highest BCUT2D eigenvalue weighted by Crippen LogP contribution is 2.35. The van der Waals surface area contributed by atoms with E-state index in [4.69, 9.17) is 14.4 Å². The molecule has 0 atom stereocenters. The normalized spacial score (nSPS) is 13.2. The zero-order valence-corrected chi connectivity index (χ0v) is 14.9. The highest BCUT2D eigenvalue weighted by molar-refractivity contribution is 5.95. The molecule has 1 aliphatic carbocycles. The molecule has 132 valence electrons. The number of carbonyl (C=O) groups is 1. The van der Waals surface area contributed by atoms with Gasteiger partial charge in [-0.1, -0.05) is 18.2 Å². The van der Waals surface area contributed by atoms with Crippen molar-refractivity contribution in [1.29, 1.82) is 0 Å². The fraction of sp³-hybridized carbons (Fsp3) is 0.250. The summed E-state index contributed by atoms with van der Waals surface area (Å²) in [7, 11) is 1.95. The molecule has 4 rings (SSSR count). The Bertz CT molecular complexity index is 1020. The molecule has 0 fully saturated rings. The maximum absolute atomic E-state index is 11.3. The number of aromatic nitrogens is 2. The Morgan fingerprint density at radius 1 is 1.27 bits per heavy atom. The van der Waals surface area contributed by atoms with Crippen LogP contribution in [0.4, 0.5) is 5.82 Å². The molecular formula is C20H19N3O3. The van der Waals surface area contributed by atoms with Crippen LogP contribution >= 0.6 is 0 Å². The maximum Gasteiger partial charge on any atom is 0.332 e. The minimum atomic E-state index is -0.936. The summed E-state index contributed by atoms with van der Waals surface area (Å²) >= 11 is 0.